The largest absolute Gasteiger partial charge is 0.388 e. The van der Waals surface area contributed by atoms with Crippen molar-refractivity contribution < 1.29 is 5.11 Å². The molecule has 0 fully saturated rings. The summed E-state index contributed by atoms with van der Waals surface area (Å²) in [7, 11) is 0. The quantitative estimate of drug-likeness (QED) is 0.914. The van der Waals surface area contributed by atoms with Crippen LogP contribution in [0.25, 0.3) is 5.65 Å². The minimum atomic E-state index is -0.888. The van der Waals surface area contributed by atoms with Crippen molar-refractivity contribution in [2.75, 3.05) is 5.32 Å². The molecule has 2 aromatic rings. The fourth-order valence-electron chi connectivity index (χ4n) is 1.43. The van der Waals surface area contributed by atoms with Gasteiger partial charge >= 0.3 is 0 Å². The smallest absolute Gasteiger partial charge is 0.180 e. The van der Waals surface area contributed by atoms with E-state index in [0.29, 0.717) is 10.4 Å². The molecule has 0 bridgehead atoms. The van der Waals surface area contributed by atoms with Crippen LogP contribution in [0.15, 0.2) is 23.2 Å². The van der Waals surface area contributed by atoms with Gasteiger partial charge in [0.25, 0.3) is 0 Å². The van der Waals surface area contributed by atoms with E-state index in [1.165, 1.54) is 0 Å². The van der Waals surface area contributed by atoms with Crippen molar-refractivity contribution in [2.24, 2.45) is 0 Å². The zero-order chi connectivity index (χ0) is 13.6. The molecule has 0 aliphatic rings. The summed E-state index contributed by atoms with van der Waals surface area (Å²) in [5, 5.41) is 13.4. The average Bonchev–Trinajstić information content (AvgIpc) is 2.62. The van der Waals surface area contributed by atoms with Crippen molar-refractivity contribution in [3.63, 3.8) is 0 Å². The van der Waals surface area contributed by atoms with Crippen LogP contribution in [0.1, 0.15) is 27.7 Å². The molecule has 0 atom stereocenters. The van der Waals surface area contributed by atoms with Crippen LogP contribution in [0.2, 0.25) is 0 Å². The molecular weight excluding hydrogens is 296 g/mol. The molecule has 5 nitrogen and oxygen atoms in total. The lowest BCUT2D eigenvalue weighted by Crippen LogP contribution is -2.51. The predicted molar refractivity (Wildman–Crippen MR) is 74.7 cm³/mol. The molecule has 0 aromatic carbocycles. The Morgan fingerprint density at radius 1 is 1.33 bits per heavy atom. The number of hydrogen-bond acceptors (Lipinski definition) is 4. The number of rotatable bonds is 3. The lowest BCUT2D eigenvalue weighted by molar-refractivity contribution is 0.0239. The second-order valence-corrected chi connectivity index (χ2v) is 6.19. The van der Waals surface area contributed by atoms with Gasteiger partial charge < -0.3 is 14.8 Å². The summed E-state index contributed by atoms with van der Waals surface area (Å²) in [6.45, 7) is 7.38. The fourth-order valence-corrected chi connectivity index (χ4v) is 1.83. The lowest BCUT2D eigenvalue weighted by Gasteiger charge is -2.38. The van der Waals surface area contributed by atoms with Crippen LogP contribution < -0.4 is 5.32 Å². The van der Waals surface area contributed by atoms with Crippen LogP contribution in [0.3, 0.4) is 0 Å². The van der Waals surface area contributed by atoms with E-state index >= 15 is 0 Å². The Hall–Kier alpha value is -1.14. The molecule has 2 N–H and O–H groups in total. The molecular formula is C12H17BrN4O. The molecule has 6 heteroatoms. The van der Waals surface area contributed by atoms with Crippen molar-refractivity contribution in [2.45, 2.75) is 38.8 Å². The van der Waals surface area contributed by atoms with Crippen molar-refractivity contribution in [1.82, 2.24) is 14.4 Å². The highest BCUT2D eigenvalue weighted by Crippen LogP contribution is 2.27. The van der Waals surface area contributed by atoms with Gasteiger partial charge in [0.1, 0.15) is 4.60 Å². The number of hydrogen-bond donors (Lipinski definition) is 2. The Labute approximate surface area is 114 Å². The number of halogens is 1. The topological polar surface area (TPSA) is 62.5 Å². The van der Waals surface area contributed by atoms with Crippen LogP contribution in [-0.4, -0.2) is 30.6 Å². The second-order valence-electron chi connectivity index (χ2n) is 5.38. The molecule has 0 unspecified atom stereocenters. The first-order chi connectivity index (χ1) is 8.21. The third kappa shape index (κ3) is 2.35. The van der Waals surface area contributed by atoms with Crippen LogP contribution in [0.5, 0.6) is 0 Å². The van der Waals surface area contributed by atoms with Crippen molar-refractivity contribution in [3.8, 4) is 0 Å². The average molecular weight is 313 g/mol. The molecule has 0 aliphatic carbocycles. The number of aliphatic hydroxyl groups is 1. The molecule has 18 heavy (non-hydrogen) atoms. The van der Waals surface area contributed by atoms with Crippen molar-refractivity contribution >= 4 is 27.4 Å². The molecule has 98 valence electrons. The normalized spacial score (nSPS) is 13.0. The monoisotopic (exact) mass is 312 g/mol. The van der Waals surface area contributed by atoms with Gasteiger partial charge in [-0.25, -0.2) is 9.97 Å². The standard InChI is InChI=1S/C12H17BrN4O/c1-11(2,12(3,4)18)16-9-10-14-5-6-17(10)7-8(13)15-9/h5-7,18H,1-4H3,(H,15,16). The highest BCUT2D eigenvalue weighted by Gasteiger charge is 2.35. The number of imidazole rings is 1. The number of nitrogens with one attached hydrogen (secondary N) is 1. The summed E-state index contributed by atoms with van der Waals surface area (Å²) in [5.41, 5.74) is -0.691. The molecule has 0 spiro atoms. The Balaban J connectivity index is 2.46. The molecule has 2 heterocycles. The Kier molecular flexibility index (Phi) is 3.11. The number of fused-ring (bicyclic) bond motifs is 1. The molecule has 0 radical (unpaired) electrons. The first kappa shape index (κ1) is 13.3. The van der Waals surface area contributed by atoms with Gasteiger partial charge in [0, 0.05) is 18.6 Å². The highest BCUT2D eigenvalue weighted by atomic mass is 79.9. The minimum absolute atomic E-state index is 0.534. The maximum atomic E-state index is 10.2. The molecule has 2 rings (SSSR count). The summed E-state index contributed by atoms with van der Waals surface area (Å²) in [5.74, 6) is 0.640. The fraction of sp³-hybridized carbons (Fsp3) is 0.500. The van der Waals surface area contributed by atoms with Crippen LogP contribution in [0, 0.1) is 0 Å². The SMILES string of the molecule is CC(C)(O)C(C)(C)Nc1nc(Br)cn2ccnc12. The van der Waals surface area contributed by atoms with Gasteiger partial charge in [-0.1, -0.05) is 0 Å². The van der Waals surface area contributed by atoms with Crippen molar-refractivity contribution in [1.29, 1.82) is 0 Å². The lowest BCUT2D eigenvalue weighted by atomic mass is 9.86. The molecule has 0 saturated heterocycles. The summed E-state index contributed by atoms with van der Waals surface area (Å²) in [4.78, 5) is 8.64. The van der Waals surface area contributed by atoms with E-state index in [2.05, 4.69) is 31.2 Å². The Morgan fingerprint density at radius 2 is 2.00 bits per heavy atom. The van der Waals surface area contributed by atoms with E-state index in [0.717, 1.165) is 5.65 Å². The van der Waals surface area contributed by atoms with Crippen LogP contribution in [0.4, 0.5) is 5.82 Å². The Bertz CT molecular complexity index is 571. The maximum Gasteiger partial charge on any atom is 0.180 e. The zero-order valence-corrected chi connectivity index (χ0v) is 12.5. The van der Waals surface area contributed by atoms with E-state index in [1.807, 2.05) is 30.6 Å². The first-order valence-corrected chi connectivity index (χ1v) is 6.50. The Morgan fingerprint density at radius 3 is 2.61 bits per heavy atom. The summed E-state index contributed by atoms with van der Waals surface area (Å²) >= 11 is 3.36. The molecule has 2 aromatic heterocycles. The van der Waals surface area contributed by atoms with E-state index in [1.54, 1.807) is 20.0 Å². The molecule has 0 aliphatic heterocycles. The maximum absolute atomic E-state index is 10.2. The first-order valence-electron chi connectivity index (χ1n) is 5.70. The summed E-state index contributed by atoms with van der Waals surface area (Å²) in [6.07, 6.45) is 5.40. The predicted octanol–water partition coefficient (Wildman–Crippen LogP) is 2.45. The van der Waals surface area contributed by atoms with Gasteiger partial charge in [-0.05, 0) is 43.6 Å². The van der Waals surface area contributed by atoms with Gasteiger partial charge in [-0.2, -0.15) is 0 Å². The molecule has 0 amide bonds. The highest BCUT2D eigenvalue weighted by molar-refractivity contribution is 9.10. The molecule has 0 saturated carbocycles. The van der Waals surface area contributed by atoms with Crippen LogP contribution >= 0.6 is 15.9 Å². The van der Waals surface area contributed by atoms with Gasteiger partial charge in [0.2, 0.25) is 0 Å². The third-order valence-electron chi connectivity index (χ3n) is 3.31. The van der Waals surface area contributed by atoms with E-state index < -0.39 is 11.1 Å². The van der Waals surface area contributed by atoms with Crippen molar-refractivity contribution in [3.05, 3.63) is 23.2 Å². The van der Waals surface area contributed by atoms with Crippen LogP contribution in [-0.2, 0) is 0 Å². The summed E-state index contributed by atoms with van der Waals surface area (Å²) < 4.78 is 2.59. The van der Waals surface area contributed by atoms with Gasteiger partial charge in [-0.15, -0.1) is 0 Å². The number of anilines is 1. The minimum Gasteiger partial charge on any atom is -0.388 e. The van der Waals surface area contributed by atoms with Gasteiger partial charge in [0.05, 0.1) is 11.1 Å². The van der Waals surface area contributed by atoms with Gasteiger partial charge in [-0.3, -0.25) is 0 Å². The second kappa shape index (κ2) is 4.20. The van der Waals surface area contributed by atoms with E-state index in [4.69, 9.17) is 0 Å². The van der Waals surface area contributed by atoms with E-state index in [-0.39, 0.29) is 0 Å². The third-order valence-corrected chi connectivity index (χ3v) is 3.69. The number of nitrogens with zero attached hydrogens (tertiary/aromatic N) is 3. The van der Waals surface area contributed by atoms with E-state index in [9.17, 15) is 5.11 Å². The number of aromatic nitrogens is 3. The zero-order valence-electron chi connectivity index (χ0n) is 10.9. The van der Waals surface area contributed by atoms with Gasteiger partial charge in [0.15, 0.2) is 11.5 Å². The summed E-state index contributed by atoms with van der Waals surface area (Å²) in [6, 6.07) is 0.